The van der Waals surface area contributed by atoms with Crippen LogP contribution in [0.15, 0.2) is 40.9 Å². The zero-order valence-corrected chi connectivity index (χ0v) is 21.2. The number of carboxylic acids is 1. The number of hydrogen-bond donors (Lipinski definition) is 3. The van der Waals surface area contributed by atoms with Crippen LogP contribution < -0.4 is 14.8 Å². The van der Waals surface area contributed by atoms with Crippen molar-refractivity contribution in [3.05, 3.63) is 57.0 Å². The third-order valence-corrected chi connectivity index (χ3v) is 6.29. The van der Waals surface area contributed by atoms with Gasteiger partial charge in [-0.05, 0) is 36.8 Å². The number of aliphatic hydroxyl groups is 1. The van der Waals surface area contributed by atoms with Gasteiger partial charge in [-0.2, -0.15) is 0 Å². The molecule has 2 aromatic rings. The van der Waals surface area contributed by atoms with E-state index in [2.05, 4.69) is 21.2 Å². The van der Waals surface area contributed by atoms with E-state index in [9.17, 15) is 14.7 Å². The molecule has 1 aliphatic heterocycles. The summed E-state index contributed by atoms with van der Waals surface area (Å²) in [4.78, 5) is 23.6. The minimum atomic E-state index is -1.12. The molecule has 184 valence electrons. The normalized spacial score (nSPS) is 22.1. The van der Waals surface area contributed by atoms with Gasteiger partial charge in [0.1, 0.15) is 0 Å². The molecular weight excluding hydrogens is 530 g/mol. The molecular formula is C24H27BrClNO7. The van der Waals surface area contributed by atoms with Gasteiger partial charge in [0, 0.05) is 39.9 Å². The van der Waals surface area contributed by atoms with Crippen LogP contribution in [-0.2, 0) is 14.3 Å². The summed E-state index contributed by atoms with van der Waals surface area (Å²) in [5.41, 5.74) is 0.791. The van der Waals surface area contributed by atoms with Gasteiger partial charge in [0.05, 0.1) is 25.9 Å². The lowest BCUT2D eigenvalue weighted by molar-refractivity contribution is -0.139. The number of nitrogens with one attached hydrogen (secondary N) is 1. The van der Waals surface area contributed by atoms with Gasteiger partial charge in [-0.25, -0.2) is 4.79 Å². The fourth-order valence-corrected chi connectivity index (χ4v) is 4.70. The number of halogens is 2. The molecule has 1 amide bonds. The molecule has 10 heteroatoms. The van der Waals surface area contributed by atoms with Gasteiger partial charge in [-0.15, -0.1) is 0 Å². The third kappa shape index (κ3) is 6.63. The van der Waals surface area contributed by atoms with Gasteiger partial charge in [-0.3, -0.25) is 4.79 Å². The Morgan fingerprint density at radius 2 is 1.91 bits per heavy atom. The maximum absolute atomic E-state index is 12.4. The topological polar surface area (TPSA) is 114 Å². The van der Waals surface area contributed by atoms with Crippen molar-refractivity contribution in [3.8, 4) is 11.5 Å². The van der Waals surface area contributed by atoms with Crippen LogP contribution >= 0.6 is 27.5 Å². The Labute approximate surface area is 211 Å². The van der Waals surface area contributed by atoms with Crippen LogP contribution in [0.25, 0.3) is 0 Å². The number of rotatable bonds is 9. The van der Waals surface area contributed by atoms with E-state index in [1.165, 1.54) is 7.11 Å². The molecule has 8 nitrogen and oxygen atoms in total. The van der Waals surface area contributed by atoms with Crippen LogP contribution in [0.4, 0.5) is 0 Å². The minimum absolute atomic E-state index is 0.00952. The Morgan fingerprint density at radius 1 is 1.24 bits per heavy atom. The van der Waals surface area contributed by atoms with Crippen molar-refractivity contribution in [2.75, 3.05) is 20.3 Å². The van der Waals surface area contributed by atoms with Crippen molar-refractivity contribution >= 4 is 39.4 Å². The quantitative estimate of drug-likeness (QED) is 0.419. The van der Waals surface area contributed by atoms with Crippen molar-refractivity contribution in [1.82, 2.24) is 5.32 Å². The molecule has 1 saturated heterocycles. The first kappa shape index (κ1) is 26.3. The number of carbonyl (C=O) groups excluding carboxylic acids is 1. The van der Waals surface area contributed by atoms with Gasteiger partial charge < -0.3 is 29.7 Å². The lowest BCUT2D eigenvalue weighted by Gasteiger charge is -2.43. The molecule has 0 radical (unpaired) electrons. The molecule has 1 aliphatic rings. The highest BCUT2D eigenvalue weighted by Crippen LogP contribution is 2.48. The molecule has 0 spiro atoms. The van der Waals surface area contributed by atoms with Gasteiger partial charge in [-0.1, -0.05) is 39.7 Å². The van der Waals surface area contributed by atoms with Gasteiger partial charge in [0.15, 0.2) is 18.1 Å². The summed E-state index contributed by atoms with van der Waals surface area (Å²) in [6, 6.07) is 10.8. The number of benzene rings is 2. The van der Waals surface area contributed by atoms with Crippen LogP contribution in [0, 0.1) is 0 Å². The average molecular weight is 557 g/mol. The molecule has 3 N–H and O–H groups in total. The Morgan fingerprint density at radius 3 is 2.53 bits per heavy atom. The van der Waals surface area contributed by atoms with Crippen molar-refractivity contribution < 1.29 is 34.0 Å². The smallest absolute Gasteiger partial charge is 0.341 e. The third-order valence-electron chi connectivity index (χ3n) is 5.58. The number of amides is 1. The van der Waals surface area contributed by atoms with E-state index >= 15 is 0 Å². The molecule has 2 aromatic carbocycles. The first-order valence-electron chi connectivity index (χ1n) is 10.7. The van der Waals surface area contributed by atoms with Crippen LogP contribution in [0.1, 0.15) is 49.5 Å². The number of methoxy groups -OCH3 is 1. The number of carbonyl (C=O) groups is 2. The largest absolute Gasteiger partial charge is 0.493 e. The van der Waals surface area contributed by atoms with E-state index in [-0.39, 0.29) is 24.7 Å². The van der Waals surface area contributed by atoms with E-state index < -0.39 is 30.3 Å². The van der Waals surface area contributed by atoms with Crippen LogP contribution in [0.5, 0.6) is 11.5 Å². The summed E-state index contributed by atoms with van der Waals surface area (Å²) in [5.74, 6) is -0.775. The standard InChI is InChI=1S/C24H27BrClNO7/c1-24(27-21(29)7-8-28)11-19(14-3-5-16(26)6-4-14)34-20(12-24)17-9-15(25)10-18(32-2)23(17)33-13-22(30)31/h3-6,9-10,19-20,28H,7-8,11-13H2,1-2H3,(H,27,29)(H,30,31)/t19-,20+,24+/m0/s1. The second-order valence-corrected chi connectivity index (χ2v) is 9.72. The first-order chi connectivity index (χ1) is 16.1. The number of aliphatic carboxylic acids is 1. The van der Waals surface area contributed by atoms with Gasteiger partial charge >= 0.3 is 5.97 Å². The average Bonchev–Trinajstić information content (AvgIpc) is 2.77. The SMILES string of the molecule is COc1cc(Br)cc([C@H]2C[C@](C)(NC(=O)CCO)C[C@@H](c3ccc(Cl)cc3)O2)c1OCC(=O)O. The molecule has 3 atom stereocenters. The van der Waals surface area contributed by atoms with Gasteiger partial charge in [0.2, 0.25) is 5.91 Å². The summed E-state index contributed by atoms with van der Waals surface area (Å²) in [5, 5.41) is 22.0. The monoisotopic (exact) mass is 555 g/mol. The van der Waals surface area contributed by atoms with E-state index in [4.69, 9.17) is 30.9 Å². The van der Waals surface area contributed by atoms with Crippen molar-refractivity contribution in [1.29, 1.82) is 0 Å². The van der Waals surface area contributed by atoms with Crippen molar-refractivity contribution in [2.45, 2.75) is 43.9 Å². The van der Waals surface area contributed by atoms with E-state index in [0.29, 0.717) is 33.6 Å². The molecule has 0 bridgehead atoms. The van der Waals surface area contributed by atoms with Crippen LogP contribution in [0.2, 0.25) is 5.02 Å². The molecule has 1 heterocycles. The fraction of sp³-hybridized carbons (Fsp3) is 0.417. The van der Waals surface area contributed by atoms with E-state index in [1.54, 1.807) is 24.3 Å². The minimum Gasteiger partial charge on any atom is -0.493 e. The predicted octanol–water partition coefficient (Wildman–Crippen LogP) is 4.42. The van der Waals surface area contributed by atoms with Crippen molar-refractivity contribution in [2.24, 2.45) is 0 Å². The zero-order valence-electron chi connectivity index (χ0n) is 18.8. The molecule has 34 heavy (non-hydrogen) atoms. The Balaban J connectivity index is 2.04. The lowest BCUT2D eigenvalue weighted by atomic mass is 9.81. The van der Waals surface area contributed by atoms with Crippen molar-refractivity contribution in [3.63, 3.8) is 0 Å². The number of ether oxygens (including phenoxy) is 3. The Hall–Kier alpha value is -2.33. The Kier molecular flexibility index (Phi) is 8.81. The predicted molar refractivity (Wildman–Crippen MR) is 129 cm³/mol. The molecule has 1 fully saturated rings. The highest BCUT2D eigenvalue weighted by Gasteiger charge is 2.41. The number of carboxylic acid groups (broad SMARTS) is 1. The fourth-order valence-electron chi connectivity index (χ4n) is 4.12. The molecule has 0 unspecified atom stereocenters. The maximum atomic E-state index is 12.4. The molecule has 0 saturated carbocycles. The lowest BCUT2D eigenvalue weighted by Crippen LogP contribution is -2.51. The highest BCUT2D eigenvalue weighted by atomic mass is 79.9. The second kappa shape index (κ2) is 11.4. The molecule has 0 aromatic heterocycles. The van der Waals surface area contributed by atoms with E-state index in [1.807, 2.05) is 19.1 Å². The van der Waals surface area contributed by atoms with Gasteiger partial charge in [0.25, 0.3) is 0 Å². The highest BCUT2D eigenvalue weighted by molar-refractivity contribution is 9.10. The molecule has 0 aliphatic carbocycles. The summed E-state index contributed by atoms with van der Waals surface area (Å²) in [6.07, 6.45) is -0.0997. The second-order valence-electron chi connectivity index (χ2n) is 8.36. The summed E-state index contributed by atoms with van der Waals surface area (Å²) >= 11 is 9.53. The van der Waals surface area contributed by atoms with E-state index in [0.717, 1.165) is 5.56 Å². The Bertz CT molecular complexity index is 1030. The first-order valence-corrected chi connectivity index (χ1v) is 11.9. The van der Waals surface area contributed by atoms with Crippen LogP contribution in [-0.4, -0.2) is 48.0 Å². The zero-order chi connectivity index (χ0) is 24.9. The maximum Gasteiger partial charge on any atom is 0.341 e. The summed E-state index contributed by atoms with van der Waals surface area (Å²) in [6.45, 7) is 1.12. The van der Waals surface area contributed by atoms with Crippen LogP contribution in [0.3, 0.4) is 0 Å². The summed E-state index contributed by atoms with van der Waals surface area (Å²) < 4.78 is 18.2. The number of hydrogen-bond acceptors (Lipinski definition) is 6. The summed E-state index contributed by atoms with van der Waals surface area (Å²) in [7, 11) is 1.47. The number of aliphatic hydroxyl groups excluding tert-OH is 1. The molecule has 3 rings (SSSR count).